The molecule has 0 aromatic heterocycles. The van der Waals surface area contributed by atoms with Gasteiger partial charge in [0.05, 0.1) is 32.2 Å². The summed E-state index contributed by atoms with van der Waals surface area (Å²) in [6.07, 6.45) is -1.58. The van der Waals surface area contributed by atoms with Crippen molar-refractivity contribution >= 4 is 18.0 Å². The van der Waals surface area contributed by atoms with Crippen molar-refractivity contribution in [3.05, 3.63) is 59.7 Å². The monoisotopic (exact) mass is 474 g/mol. The minimum absolute atomic E-state index is 0.0255. The maximum Gasteiger partial charge on any atom is 0.407 e. The summed E-state index contributed by atoms with van der Waals surface area (Å²) in [5, 5.41) is 10.9. The summed E-state index contributed by atoms with van der Waals surface area (Å²) in [7, 11) is 0. The topological polar surface area (TPSA) is 105 Å². The third kappa shape index (κ3) is 4.86. The van der Waals surface area contributed by atoms with E-state index < -0.39 is 42.9 Å². The number of alkyl halides is 2. The predicted octanol–water partition coefficient (Wildman–Crippen LogP) is 2.86. The largest absolute Gasteiger partial charge is 0.481 e. The van der Waals surface area contributed by atoms with Crippen LogP contribution in [0.25, 0.3) is 11.1 Å². The molecule has 0 bridgehead atoms. The number of nitrogens with one attached hydrogen (secondary N) is 1. The van der Waals surface area contributed by atoms with Crippen molar-refractivity contribution < 1.29 is 37.7 Å². The van der Waals surface area contributed by atoms with E-state index in [4.69, 9.17) is 14.6 Å². The fourth-order valence-corrected chi connectivity index (χ4v) is 4.41. The van der Waals surface area contributed by atoms with Gasteiger partial charge in [-0.25, -0.2) is 4.79 Å². The quantitative estimate of drug-likeness (QED) is 0.640. The second kappa shape index (κ2) is 9.76. The summed E-state index contributed by atoms with van der Waals surface area (Å²) in [4.78, 5) is 36.4. The van der Waals surface area contributed by atoms with Crippen molar-refractivity contribution in [1.29, 1.82) is 0 Å². The molecule has 34 heavy (non-hydrogen) atoms. The van der Waals surface area contributed by atoms with Gasteiger partial charge >= 0.3 is 18.0 Å². The number of aliphatic carboxylic acids is 1. The van der Waals surface area contributed by atoms with Crippen molar-refractivity contribution in [2.75, 3.05) is 32.9 Å². The summed E-state index contributed by atoms with van der Waals surface area (Å²) in [5.41, 5.74) is 4.03. The van der Waals surface area contributed by atoms with Crippen LogP contribution in [0.2, 0.25) is 0 Å². The minimum atomic E-state index is -3.93. The van der Waals surface area contributed by atoms with Gasteiger partial charge in [0, 0.05) is 12.5 Å². The number of hydrogen-bond acceptors (Lipinski definition) is 5. The summed E-state index contributed by atoms with van der Waals surface area (Å²) in [6.45, 7) is -1.59. The molecular formula is C24H24F2N2O6. The predicted molar refractivity (Wildman–Crippen MR) is 117 cm³/mol. The lowest BCUT2D eigenvalue weighted by atomic mass is 9.98. The van der Waals surface area contributed by atoms with E-state index in [0.29, 0.717) is 0 Å². The lowest BCUT2D eigenvalue weighted by Gasteiger charge is -2.36. The number of carbonyl (C=O) groups is 3. The van der Waals surface area contributed by atoms with Gasteiger partial charge in [0.2, 0.25) is 0 Å². The fraction of sp³-hybridized carbons (Fsp3) is 0.375. The molecule has 1 atom stereocenters. The van der Waals surface area contributed by atoms with Crippen LogP contribution in [0, 0.1) is 0 Å². The van der Waals surface area contributed by atoms with E-state index in [1.54, 1.807) is 0 Å². The fourth-order valence-electron chi connectivity index (χ4n) is 4.41. The lowest BCUT2D eigenvalue weighted by molar-refractivity contribution is -0.166. The number of benzene rings is 2. The van der Waals surface area contributed by atoms with Crippen LogP contribution < -0.4 is 5.32 Å². The highest BCUT2D eigenvalue weighted by molar-refractivity contribution is 5.85. The average Bonchev–Trinajstić information content (AvgIpc) is 3.15. The SMILES string of the molecule is O=C(O)CC1COCCN1C(=O)C(F)(F)CNC(=O)OCC1c2ccccc2-c2ccccc21. The Balaban J connectivity index is 1.35. The van der Waals surface area contributed by atoms with Crippen LogP contribution in [0.15, 0.2) is 48.5 Å². The van der Waals surface area contributed by atoms with Crippen LogP contribution >= 0.6 is 0 Å². The molecule has 8 nitrogen and oxygen atoms in total. The highest BCUT2D eigenvalue weighted by Gasteiger charge is 2.45. The number of morpholine rings is 1. The molecule has 2 N–H and O–H groups in total. The van der Waals surface area contributed by atoms with Crippen LogP contribution in [0.5, 0.6) is 0 Å². The van der Waals surface area contributed by atoms with Gasteiger partial charge in [0.15, 0.2) is 0 Å². The molecule has 2 amide bonds. The Morgan fingerprint density at radius 3 is 2.32 bits per heavy atom. The molecular weight excluding hydrogens is 450 g/mol. The third-order valence-corrected chi connectivity index (χ3v) is 6.01. The molecule has 1 aliphatic carbocycles. The zero-order valence-electron chi connectivity index (χ0n) is 18.2. The molecule has 1 unspecified atom stereocenters. The number of carboxylic acids is 1. The summed E-state index contributed by atoms with van der Waals surface area (Å²) >= 11 is 0. The number of rotatable bonds is 7. The molecule has 1 aliphatic heterocycles. The molecule has 0 spiro atoms. The molecule has 4 rings (SSSR count). The number of nitrogens with zero attached hydrogens (tertiary/aromatic N) is 1. The molecule has 1 heterocycles. The second-order valence-electron chi connectivity index (χ2n) is 8.21. The van der Waals surface area contributed by atoms with E-state index in [2.05, 4.69) is 0 Å². The zero-order chi connectivity index (χ0) is 24.3. The standard InChI is InChI=1S/C24H24F2N2O6/c25-24(26,22(31)28-9-10-33-12-15(28)11-21(29)30)14-27-23(32)34-13-20-18-7-3-1-5-16(18)17-6-2-4-8-19(17)20/h1-8,15,20H,9-14H2,(H,27,32)(H,29,30). The minimum Gasteiger partial charge on any atom is -0.481 e. The van der Waals surface area contributed by atoms with Crippen molar-refractivity contribution in [3.63, 3.8) is 0 Å². The van der Waals surface area contributed by atoms with Gasteiger partial charge in [-0.05, 0) is 22.3 Å². The van der Waals surface area contributed by atoms with Crippen LogP contribution in [-0.2, 0) is 19.1 Å². The van der Waals surface area contributed by atoms with Crippen molar-refractivity contribution in [2.24, 2.45) is 0 Å². The Hall–Kier alpha value is -3.53. The normalized spacial score (nSPS) is 17.6. The third-order valence-electron chi connectivity index (χ3n) is 6.01. The van der Waals surface area contributed by atoms with Gasteiger partial charge in [-0.2, -0.15) is 8.78 Å². The average molecular weight is 474 g/mol. The van der Waals surface area contributed by atoms with E-state index in [1.807, 2.05) is 53.8 Å². The molecule has 10 heteroatoms. The molecule has 2 aliphatic rings. The number of ether oxygens (including phenoxy) is 2. The van der Waals surface area contributed by atoms with Crippen molar-refractivity contribution in [1.82, 2.24) is 10.2 Å². The van der Waals surface area contributed by atoms with E-state index in [-0.39, 0.29) is 32.3 Å². The molecule has 1 fully saturated rings. The van der Waals surface area contributed by atoms with Crippen molar-refractivity contribution in [2.45, 2.75) is 24.3 Å². The Bertz CT molecular complexity index is 1050. The van der Waals surface area contributed by atoms with Crippen LogP contribution in [-0.4, -0.2) is 72.9 Å². The van der Waals surface area contributed by atoms with Gasteiger partial charge in [0.25, 0.3) is 5.91 Å². The number of carboxylic acid groups (broad SMARTS) is 1. The van der Waals surface area contributed by atoms with E-state index in [9.17, 15) is 23.2 Å². The van der Waals surface area contributed by atoms with Crippen LogP contribution in [0.4, 0.5) is 13.6 Å². The Morgan fingerprint density at radius 1 is 1.09 bits per heavy atom. The summed E-state index contributed by atoms with van der Waals surface area (Å²) in [5.74, 6) is -6.94. The lowest BCUT2D eigenvalue weighted by Crippen LogP contribution is -2.57. The molecule has 0 saturated carbocycles. The molecule has 180 valence electrons. The molecule has 2 aromatic rings. The highest BCUT2D eigenvalue weighted by Crippen LogP contribution is 2.44. The van der Waals surface area contributed by atoms with E-state index >= 15 is 0 Å². The summed E-state index contributed by atoms with van der Waals surface area (Å²) < 4.78 is 39.5. The van der Waals surface area contributed by atoms with Crippen LogP contribution in [0.1, 0.15) is 23.5 Å². The Morgan fingerprint density at radius 2 is 1.71 bits per heavy atom. The first-order chi connectivity index (χ1) is 16.3. The maximum absolute atomic E-state index is 14.6. The number of alkyl carbamates (subject to hydrolysis) is 1. The Kier molecular flexibility index (Phi) is 6.78. The number of hydrogen-bond donors (Lipinski definition) is 2. The first kappa shape index (κ1) is 23.6. The molecule has 1 saturated heterocycles. The first-order valence-electron chi connectivity index (χ1n) is 10.8. The van der Waals surface area contributed by atoms with Gasteiger partial charge in [-0.3, -0.25) is 9.59 Å². The smallest absolute Gasteiger partial charge is 0.407 e. The molecule has 0 radical (unpaired) electrons. The van der Waals surface area contributed by atoms with Gasteiger partial charge in [-0.1, -0.05) is 48.5 Å². The Labute approximate surface area is 194 Å². The number of halogens is 2. The van der Waals surface area contributed by atoms with E-state index in [1.165, 1.54) is 0 Å². The molecule has 2 aromatic carbocycles. The number of amides is 2. The number of fused-ring (bicyclic) bond motifs is 3. The van der Waals surface area contributed by atoms with E-state index in [0.717, 1.165) is 27.2 Å². The number of carbonyl (C=O) groups excluding carboxylic acids is 2. The summed E-state index contributed by atoms with van der Waals surface area (Å²) in [6, 6.07) is 14.4. The van der Waals surface area contributed by atoms with Gasteiger partial charge < -0.3 is 24.8 Å². The second-order valence-corrected chi connectivity index (χ2v) is 8.21. The van der Waals surface area contributed by atoms with Crippen molar-refractivity contribution in [3.8, 4) is 11.1 Å². The highest BCUT2D eigenvalue weighted by atomic mass is 19.3. The zero-order valence-corrected chi connectivity index (χ0v) is 18.2. The first-order valence-corrected chi connectivity index (χ1v) is 10.8. The van der Waals surface area contributed by atoms with Gasteiger partial charge in [0.1, 0.15) is 6.61 Å². The van der Waals surface area contributed by atoms with Gasteiger partial charge in [-0.15, -0.1) is 0 Å². The van der Waals surface area contributed by atoms with Crippen LogP contribution in [0.3, 0.4) is 0 Å². The maximum atomic E-state index is 14.6.